The molecule has 5 nitrogen and oxygen atoms in total. The summed E-state index contributed by atoms with van der Waals surface area (Å²) in [7, 11) is 1.79. The maximum Gasteiger partial charge on any atom is 0.254 e. The normalized spacial score (nSPS) is 15.0. The van der Waals surface area contributed by atoms with E-state index in [1.807, 2.05) is 29.2 Å². The lowest BCUT2D eigenvalue weighted by molar-refractivity contribution is 0.0661. The highest BCUT2D eigenvalue weighted by Gasteiger charge is 2.24. The molecule has 2 heterocycles. The number of carbonyl (C=O) groups excluding carboxylic acids is 1. The van der Waals surface area contributed by atoms with Gasteiger partial charge in [-0.3, -0.25) is 4.79 Å². The second-order valence-electron chi connectivity index (χ2n) is 6.18. The second kappa shape index (κ2) is 8.21. The summed E-state index contributed by atoms with van der Waals surface area (Å²) in [6.07, 6.45) is 3.55. The highest BCUT2D eigenvalue weighted by atomic mass is 35.5. The van der Waals surface area contributed by atoms with E-state index in [1.54, 1.807) is 25.4 Å². The molecule has 2 aromatic rings. The average Bonchev–Trinajstić information content (AvgIpc) is 2.67. The molecular weight excluding hydrogens is 338 g/mol. The Morgan fingerprint density at radius 1 is 1.28 bits per heavy atom. The molecule has 6 heteroatoms. The van der Waals surface area contributed by atoms with Gasteiger partial charge in [0.05, 0.1) is 6.61 Å². The van der Waals surface area contributed by atoms with Crippen molar-refractivity contribution in [3.8, 4) is 5.75 Å². The van der Waals surface area contributed by atoms with Gasteiger partial charge in [0, 0.05) is 36.9 Å². The highest BCUT2D eigenvalue weighted by molar-refractivity contribution is 6.30. The van der Waals surface area contributed by atoms with Crippen LogP contribution in [0.15, 0.2) is 42.6 Å². The van der Waals surface area contributed by atoms with E-state index in [0.717, 1.165) is 31.7 Å². The number of nitrogens with zero attached hydrogens (tertiary/aromatic N) is 2. The van der Waals surface area contributed by atoms with Gasteiger partial charge in [-0.05, 0) is 55.2 Å². The summed E-state index contributed by atoms with van der Waals surface area (Å²) in [5, 5.41) is 3.67. The van der Waals surface area contributed by atoms with E-state index in [0.29, 0.717) is 28.9 Å². The molecule has 0 unspecified atom stereocenters. The number of rotatable bonds is 5. The predicted octanol–water partition coefficient (Wildman–Crippen LogP) is 3.71. The molecule has 0 atom stereocenters. The van der Waals surface area contributed by atoms with Gasteiger partial charge in [-0.15, -0.1) is 0 Å². The molecule has 1 aromatic heterocycles. The Morgan fingerprint density at radius 3 is 2.68 bits per heavy atom. The van der Waals surface area contributed by atoms with Crippen LogP contribution in [0.1, 0.15) is 23.2 Å². The van der Waals surface area contributed by atoms with Crippen molar-refractivity contribution in [2.75, 3.05) is 32.1 Å². The van der Waals surface area contributed by atoms with Crippen molar-refractivity contribution in [3.63, 3.8) is 0 Å². The average molecular weight is 360 g/mol. The first-order chi connectivity index (χ1) is 12.2. The number of pyridine rings is 1. The molecule has 0 aliphatic carbocycles. The van der Waals surface area contributed by atoms with Crippen LogP contribution in [-0.4, -0.2) is 42.5 Å². The minimum Gasteiger partial charge on any atom is -0.493 e. The first kappa shape index (κ1) is 17.5. The van der Waals surface area contributed by atoms with Gasteiger partial charge in [0.25, 0.3) is 5.91 Å². The number of aromatic nitrogens is 1. The summed E-state index contributed by atoms with van der Waals surface area (Å²) in [5.41, 5.74) is 0.676. The Balaban J connectivity index is 1.49. The molecule has 1 fully saturated rings. The molecule has 25 heavy (non-hydrogen) atoms. The fraction of sp³-hybridized carbons (Fsp3) is 0.368. The fourth-order valence-electron chi connectivity index (χ4n) is 2.93. The zero-order chi connectivity index (χ0) is 17.6. The van der Waals surface area contributed by atoms with E-state index in [2.05, 4.69) is 10.3 Å². The SMILES string of the molecule is CNc1cc(C(=O)N2CCC(COc3ccc(Cl)cc3)CC2)ccn1. The van der Waals surface area contributed by atoms with E-state index in [4.69, 9.17) is 16.3 Å². The van der Waals surface area contributed by atoms with E-state index >= 15 is 0 Å². The van der Waals surface area contributed by atoms with E-state index in [9.17, 15) is 4.79 Å². The van der Waals surface area contributed by atoms with Crippen molar-refractivity contribution < 1.29 is 9.53 Å². The molecule has 0 saturated carbocycles. The van der Waals surface area contributed by atoms with E-state index in [1.165, 1.54) is 0 Å². The Morgan fingerprint density at radius 2 is 2.00 bits per heavy atom. The van der Waals surface area contributed by atoms with Gasteiger partial charge in [0.2, 0.25) is 0 Å². The van der Waals surface area contributed by atoms with E-state index < -0.39 is 0 Å². The van der Waals surface area contributed by atoms with Crippen LogP contribution in [0.4, 0.5) is 5.82 Å². The zero-order valence-electron chi connectivity index (χ0n) is 14.2. The van der Waals surface area contributed by atoms with Gasteiger partial charge in [-0.25, -0.2) is 4.98 Å². The summed E-state index contributed by atoms with van der Waals surface area (Å²) in [4.78, 5) is 18.7. The monoisotopic (exact) mass is 359 g/mol. The molecule has 1 amide bonds. The van der Waals surface area contributed by atoms with Gasteiger partial charge in [0.15, 0.2) is 0 Å². The van der Waals surface area contributed by atoms with Crippen LogP contribution in [0.2, 0.25) is 5.02 Å². The van der Waals surface area contributed by atoms with Crippen LogP contribution >= 0.6 is 11.6 Å². The smallest absolute Gasteiger partial charge is 0.254 e. The molecule has 1 saturated heterocycles. The number of hydrogen-bond acceptors (Lipinski definition) is 4. The van der Waals surface area contributed by atoms with Gasteiger partial charge >= 0.3 is 0 Å². The maximum atomic E-state index is 12.6. The van der Waals surface area contributed by atoms with E-state index in [-0.39, 0.29) is 5.91 Å². The van der Waals surface area contributed by atoms with Gasteiger partial charge in [0.1, 0.15) is 11.6 Å². The molecule has 0 spiro atoms. The first-order valence-corrected chi connectivity index (χ1v) is 8.85. The Labute approximate surface area is 153 Å². The number of nitrogens with one attached hydrogen (secondary N) is 1. The highest BCUT2D eigenvalue weighted by Crippen LogP contribution is 2.22. The molecule has 1 aliphatic rings. The lowest BCUT2D eigenvalue weighted by Crippen LogP contribution is -2.39. The number of halogens is 1. The largest absolute Gasteiger partial charge is 0.493 e. The van der Waals surface area contributed by atoms with Crippen molar-refractivity contribution in [2.45, 2.75) is 12.8 Å². The number of amides is 1. The molecule has 3 rings (SSSR count). The Bertz CT molecular complexity index is 713. The standard InChI is InChI=1S/C19H22ClN3O2/c1-21-18-12-15(6-9-22-18)19(24)23-10-7-14(8-11-23)13-25-17-4-2-16(20)3-5-17/h2-6,9,12,14H,7-8,10-11,13H2,1H3,(H,21,22). The topological polar surface area (TPSA) is 54.5 Å². The summed E-state index contributed by atoms with van der Waals surface area (Å²) < 4.78 is 5.83. The lowest BCUT2D eigenvalue weighted by atomic mass is 9.97. The third-order valence-electron chi connectivity index (χ3n) is 4.46. The number of likely N-dealkylation sites (tertiary alicyclic amines) is 1. The predicted molar refractivity (Wildman–Crippen MR) is 99.4 cm³/mol. The minimum absolute atomic E-state index is 0.0657. The van der Waals surface area contributed by atoms with Crippen molar-refractivity contribution in [1.82, 2.24) is 9.88 Å². The van der Waals surface area contributed by atoms with Crippen molar-refractivity contribution in [3.05, 3.63) is 53.2 Å². The van der Waals surface area contributed by atoms with Crippen LogP contribution in [0.25, 0.3) is 0 Å². The molecule has 1 N–H and O–H groups in total. The van der Waals surface area contributed by atoms with Gasteiger partial charge in [-0.2, -0.15) is 0 Å². The van der Waals surface area contributed by atoms with Crippen molar-refractivity contribution >= 4 is 23.3 Å². The molecule has 0 bridgehead atoms. The van der Waals surface area contributed by atoms with Crippen molar-refractivity contribution in [2.24, 2.45) is 5.92 Å². The fourth-order valence-corrected chi connectivity index (χ4v) is 3.06. The third-order valence-corrected chi connectivity index (χ3v) is 4.72. The molecular formula is C19H22ClN3O2. The van der Waals surface area contributed by atoms with Crippen LogP contribution in [0, 0.1) is 5.92 Å². The first-order valence-electron chi connectivity index (χ1n) is 8.47. The number of benzene rings is 1. The quantitative estimate of drug-likeness (QED) is 0.884. The van der Waals surface area contributed by atoms with Crippen LogP contribution in [0.3, 0.4) is 0 Å². The summed E-state index contributed by atoms with van der Waals surface area (Å²) >= 11 is 5.87. The second-order valence-corrected chi connectivity index (χ2v) is 6.62. The van der Waals surface area contributed by atoms with Crippen LogP contribution in [-0.2, 0) is 0 Å². The Hall–Kier alpha value is -2.27. The van der Waals surface area contributed by atoms with Gasteiger partial charge < -0.3 is 15.0 Å². The zero-order valence-corrected chi connectivity index (χ0v) is 15.0. The Kier molecular flexibility index (Phi) is 5.76. The summed E-state index contributed by atoms with van der Waals surface area (Å²) in [6, 6.07) is 11.0. The van der Waals surface area contributed by atoms with Crippen molar-refractivity contribution in [1.29, 1.82) is 0 Å². The number of carbonyl (C=O) groups is 1. The molecule has 1 aromatic carbocycles. The van der Waals surface area contributed by atoms with Gasteiger partial charge in [-0.1, -0.05) is 11.6 Å². The van der Waals surface area contributed by atoms with Crippen LogP contribution in [0.5, 0.6) is 5.75 Å². The molecule has 132 valence electrons. The number of anilines is 1. The minimum atomic E-state index is 0.0657. The van der Waals surface area contributed by atoms with Crippen LogP contribution < -0.4 is 10.1 Å². The number of piperidine rings is 1. The third kappa shape index (κ3) is 4.63. The number of ether oxygens (including phenoxy) is 1. The molecule has 1 aliphatic heterocycles. The lowest BCUT2D eigenvalue weighted by Gasteiger charge is -2.32. The summed E-state index contributed by atoms with van der Waals surface area (Å²) in [5.74, 6) is 2.07. The number of hydrogen-bond donors (Lipinski definition) is 1. The molecule has 0 radical (unpaired) electrons. The maximum absolute atomic E-state index is 12.6. The summed E-state index contributed by atoms with van der Waals surface area (Å²) in [6.45, 7) is 2.18.